The first-order valence-corrected chi connectivity index (χ1v) is 9.44. The molecule has 0 bridgehead atoms. The summed E-state index contributed by atoms with van der Waals surface area (Å²) in [6.07, 6.45) is 0.952. The predicted molar refractivity (Wildman–Crippen MR) is 94.9 cm³/mol. The summed E-state index contributed by atoms with van der Waals surface area (Å²) in [6.45, 7) is 8.16. The molecule has 0 amide bonds. The van der Waals surface area contributed by atoms with E-state index >= 15 is 0 Å². The minimum absolute atomic E-state index is 0.268. The summed E-state index contributed by atoms with van der Waals surface area (Å²) >= 11 is 0. The number of nitrogens with one attached hydrogen (secondary N) is 1. The molecule has 3 nitrogen and oxygen atoms in total. The van der Waals surface area contributed by atoms with E-state index in [0.717, 1.165) is 23.1 Å². The van der Waals surface area contributed by atoms with E-state index < -0.39 is 10.0 Å². The van der Waals surface area contributed by atoms with Crippen molar-refractivity contribution in [2.24, 2.45) is 5.92 Å². The van der Waals surface area contributed by atoms with Gasteiger partial charge < -0.3 is 0 Å². The van der Waals surface area contributed by atoms with Crippen LogP contribution in [0.3, 0.4) is 0 Å². The number of sulfonamides is 1. The fraction of sp³-hybridized carbons (Fsp3) is 0.368. The monoisotopic (exact) mass is 331 g/mol. The molecule has 0 radical (unpaired) electrons. The molecule has 0 spiro atoms. The molecular formula is C19H25NO2S. The van der Waals surface area contributed by atoms with E-state index in [-0.39, 0.29) is 6.04 Å². The summed E-state index contributed by atoms with van der Waals surface area (Å²) in [7, 11) is -3.51. The molecule has 0 fully saturated rings. The summed E-state index contributed by atoms with van der Waals surface area (Å²) in [6, 6.07) is 14.8. The van der Waals surface area contributed by atoms with Gasteiger partial charge in [-0.15, -0.1) is 0 Å². The van der Waals surface area contributed by atoms with Crippen molar-refractivity contribution in [3.05, 3.63) is 65.2 Å². The molecule has 2 aromatic rings. The lowest BCUT2D eigenvalue weighted by atomic mass is 10.0. The molecule has 0 aliphatic heterocycles. The minimum atomic E-state index is -3.51. The Kier molecular flexibility index (Phi) is 5.60. The van der Waals surface area contributed by atoms with E-state index in [0.29, 0.717) is 10.8 Å². The van der Waals surface area contributed by atoms with Crippen molar-refractivity contribution in [3.63, 3.8) is 0 Å². The van der Waals surface area contributed by atoms with Crippen LogP contribution < -0.4 is 4.72 Å². The molecule has 2 rings (SSSR count). The largest absolute Gasteiger partial charge is 0.241 e. The molecule has 1 N–H and O–H groups in total. The Hall–Kier alpha value is -1.65. The molecule has 0 aliphatic carbocycles. The number of benzene rings is 2. The van der Waals surface area contributed by atoms with Gasteiger partial charge in [-0.3, -0.25) is 0 Å². The average Bonchev–Trinajstić information content (AvgIpc) is 2.47. The van der Waals surface area contributed by atoms with Crippen LogP contribution in [0.2, 0.25) is 0 Å². The average molecular weight is 331 g/mol. The van der Waals surface area contributed by atoms with Gasteiger partial charge in [-0.25, -0.2) is 13.1 Å². The zero-order valence-electron chi connectivity index (χ0n) is 14.2. The van der Waals surface area contributed by atoms with E-state index in [1.807, 2.05) is 50.2 Å². The summed E-state index contributed by atoms with van der Waals surface area (Å²) in [5.41, 5.74) is 3.27. The minimum Gasteiger partial charge on any atom is -0.207 e. The van der Waals surface area contributed by atoms with Gasteiger partial charge in [0.1, 0.15) is 0 Å². The van der Waals surface area contributed by atoms with Crippen molar-refractivity contribution in [2.75, 3.05) is 0 Å². The van der Waals surface area contributed by atoms with Gasteiger partial charge in [-0.1, -0.05) is 55.8 Å². The maximum Gasteiger partial charge on any atom is 0.241 e. The Bertz CT molecular complexity index is 732. The van der Waals surface area contributed by atoms with Gasteiger partial charge >= 0.3 is 0 Å². The molecule has 124 valence electrons. The van der Waals surface area contributed by atoms with Crippen molar-refractivity contribution in [3.8, 4) is 0 Å². The van der Waals surface area contributed by atoms with Gasteiger partial charge in [0.15, 0.2) is 0 Å². The molecule has 0 saturated carbocycles. The number of rotatable bonds is 6. The molecule has 0 saturated heterocycles. The molecule has 0 heterocycles. The van der Waals surface area contributed by atoms with Crippen LogP contribution in [0.5, 0.6) is 0 Å². The zero-order chi connectivity index (χ0) is 17.0. The first-order valence-electron chi connectivity index (χ1n) is 7.96. The lowest BCUT2D eigenvalue weighted by Gasteiger charge is -2.15. The molecule has 4 heteroatoms. The van der Waals surface area contributed by atoms with Gasteiger partial charge in [-0.05, 0) is 49.4 Å². The van der Waals surface area contributed by atoms with Gasteiger partial charge in [0.2, 0.25) is 10.0 Å². The molecule has 0 aromatic heterocycles. The van der Waals surface area contributed by atoms with Crippen molar-refractivity contribution in [1.29, 1.82) is 0 Å². The second-order valence-corrected chi connectivity index (χ2v) is 8.21. The summed E-state index contributed by atoms with van der Waals surface area (Å²) < 4.78 is 27.8. The first-order chi connectivity index (χ1) is 10.8. The van der Waals surface area contributed by atoms with Gasteiger partial charge in [0.05, 0.1) is 4.90 Å². The van der Waals surface area contributed by atoms with Crippen LogP contribution in [0.25, 0.3) is 0 Å². The van der Waals surface area contributed by atoms with Crippen molar-refractivity contribution in [2.45, 2.75) is 45.1 Å². The highest BCUT2D eigenvalue weighted by Gasteiger charge is 2.18. The fourth-order valence-corrected chi connectivity index (χ4v) is 3.73. The zero-order valence-corrected chi connectivity index (χ0v) is 15.0. The summed E-state index contributed by atoms with van der Waals surface area (Å²) in [5.74, 6) is 0.553. The van der Waals surface area contributed by atoms with Gasteiger partial charge in [0, 0.05) is 6.04 Å². The van der Waals surface area contributed by atoms with E-state index in [1.165, 1.54) is 0 Å². The lowest BCUT2D eigenvalue weighted by molar-refractivity contribution is 0.567. The Balaban J connectivity index is 2.13. The van der Waals surface area contributed by atoms with Crippen LogP contribution in [-0.4, -0.2) is 8.42 Å². The van der Waals surface area contributed by atoms with Crippen LogP contribution in [0.15, 0.2) is 53.4 Å². The van der Waals surface area contributed by atoms with Crippen LogP contribution in [0.4, 0.5) is 0 Å². The highest BCUT2D eigenvalue weighted by atomic mass is 32.2. The van der Waals surface area contributed by atoms with Crippen molar-refractivity contribution < 1.29 is 8.42 Å². The van der Waals surface area contributed by atoms with Crippen molar-refractivity contribution >= 4 is 10.0 Å². The molecule has 2 aromatic carbocycles. The van der Waals surface area contributed by atoms with Crippen LogP contribution in [0, 0.1) is 12.8 Å². The predicted octanol–water partition coefficient (Wildman–Crippen LogP) is 4.23. The number of hydrogen-bond acceptors (Lipinski definition) is 2. The van der Waals surface area contributed by atoms with E-state index in [9.17, 15) is 8.42 Å². The molecule has 23 heavy (non-hydrogen) atoms. The first kappa shape index (κ1) is 17.7. The third-order valence-corrected chi connectivity index (χ3v) is 5.34. The van der Waals surface area contributed by atoms with E-state index in [4.69, 9.17) is 0 Å². The van der Waals surface area contributed by atoms with Gasteiger partial charge in [-0.2, -0.15) is 0 Å². The number of aryl methyl sites for hydroxylation is 1. The summed E-state index contributed by atoms with van der Waals surface area (Å²) in [4.78, 5) is 0.309. The Morgan fingerprint density at radius 1 is 0.913 bits per heavy atom. The Labute approximate surface area is 139 Å². The van der Waals surface area contributed by atoms with Crippen LogP contribution in [0.1, 0.15) is 43.5 Å². The number of hydrogen-bond donors (Lipinski definition) is 1. The normalized spacial score (nSPS) is 13.3. The van der Waals surface area contributed by atoms with Crippen LogP contribution >= 0.6 is 0 Å². The van der Waals surface area contributed by atoms with Gasteiger partial charge in [0.25, 0.3) is 0 Å². The fourth-order valence-electron chi connectivity index (χ4n) is 2.50. The van der Waals surface area contributed by atoms with E-state index in [1.54, 1.807) is 12.1 Å². The topological polar surface area (TPSA) is 46.2 Å². The smallest absolute Gasteiger partial charge is 0.207 e. The van der Waals surface area contributed by atoms with E-state index in [2.05, 4.69) is 18.6 Å². The maximum absolute atomic E-state index is 12.5. The summed E-state index contributed by atoms with van der Waals surface area (Å²) in [5, 5.41) is 0. The lowest BCUT2D eigenvalue weighted by Crippen LogP contribution is -2.26. The molecule has 0 aliphatic rings. The maximum atomic E-state index is 12.5. The second kappa shape index (κ2) is 7.28. The Morgan fingerprint density at radius 2 is 1.48 bits per heavy atom. The highest BCUT2D eigenvalue weighted by Crippen LogP contribution is 2.18. The van der Waals surface area contributed by atoms with Crippen molar-refractivity contribution in [1.82, 2.24) is 4.72 Å². The Morgan fingerprint density at radius 3 is 2.00 bits per heavy atom. The highest BCUT2D eigenvalue weighted by molar-refractivity contribution is 7.89. The third kappa shape index (κ3) is 4.91. The third-order valence-electron chi connectivity index (χ3n) is 3.79. The second-order valence-electron chi connectivity index (χ2n) is 6.50. The molecule has 1 unspecified atom stereocenters. The molecular weight excluding hydrogens is 306 g/mol. The quantitative estimate of drug-likeness (QED) is 0.861. The van der Waals surface area contributed by atoms with Crippen LogP contribution in [-0.2, 0) is 16.4 Å². The SMILES string of the molecule is Cc1ccc(C(C)NS(=O)(=O)c2ccc(CC(C)C)cc2)cc1. The molecule has 1 atom stereocenters. The standard InChI is InChI=1S/C19H25NO2S/c1-14(2)13-17-7-11-19(12-8-17)23(21,22)20-16(4)18-9-5-15(3)6-10-18/h5-12,14,16,20H,13H2,1-4H3.